The predicted molar refractivity (Wildman–Crippen MR) is 167 cm³/mol. The fourth-order valence-corrected chi connectivity index (χ4v) is 9.56. The lowest BCUT2D eigenvalue weighted by molar-refractivity contribution is -0.144. The molecule has 226 valence electrons. The number of aliphatic hydroxyl groups is 1. The topological polar surface area (TPSA) is 88.1 Å². The third-order valence-corrected chi connectivity index (χ3v) is 12.3. The van der Waals surface area contributed by atoms with E-state index in [0.717, 1.165) is 61.7 Å². The van der Waals surface area contributed by atoms with E-state index >= 15 is 0 Å². The lowest BCUT2D eigenvalue weighted by Gasteiger charge is -2.49. The number of halogens is 1. The minimum Gasteiger partial charge on any atom is -0.490 e. The van der Waals surface area contributed by atoms with Crippen LogP contribution in [0.2, 0.25) is 5.02 Å². The Kier molecular flexibility index (Phi) is 7.28. The second-order valence-electron chi connectivity index (χ2n) is 13.4. The molecule has 9 heteroatoms. The Morgan fingerprint density at radius 2 is 2.00 bits per heavy atom. The number of aryl methyl sites for hydroxylation is 1. The zero-order valence-corrected chi connectivity index (χ0v) is 25.7. The molecule has 2 aromatic carbocycles. The lowest BCUT2D eigenvalue weighted by Crippen LogP contribution is -2.52. The Labute approximate surface area is 254 Å². The van der Waals surface area contributed by atoms with E-state index in [1.807, 2.05) is 18.2 Å². The molecular formula is C33H41ClN2O5S. The highest BCUT2D eigenvalue weighted by atomic mass is 35.5. The Hall–Kier alpha value is -2.26. The highest BCUT2D eigenvalue weighted by Gasteiger charge is 2.47. The number of hydrogen-bond acceptors (Lipinski definition) is 6. The third-order valence-electron chi connectivity index (χ3n) is 10.6. The van der Waals surface area contributed by atoms with Gasteiger partial charge in [0.25, 0.3) is 5.91 Å². The molecule has 6 atom stereocenters. The summed E-state index contributed by atoms with van der Waals surface area (Å²) in [5.41, 5.74) is 2.89. The summed E-state index contributed by atoms with van der Waals surface area (Å²) in [6, 6.07) is 11.8. The standard InChI is InChI=1S/C33H41ClN2O5S/c1-42(39)15-3-12-33(38)13-14-40-30(18-33)26-8-5-24(26)19-36-20-32(11-2-4-22-16-25(34)7-9-27(22)32)21-41-29-10-6-23(17-28(29)36)31(37)35-42/h6-7,9-10,16-17,24,26,30,38H,1-5,8,11-15,18-21H2,(H,35,37,39)/t24-,26+,30+,32-,33+,42?/m0/s1. The van der Waals surface area contributed by atoms with Gasteiger partial charge in [-0.05, 0) is 111 Å². The van der Waals surface area contributed by atoms with E-state index in [4.69, 9.17) is 21.1 Å². The van der Waals surface area contributed by atoms with E-state index in [0.29, 0.717) is 56.3 Å². The van der Waals surface area contributed by atoms with Gasteiger partial charge < -0.3 is 19.5 Å². The summed E-state index contributed by atoms with van der Waals surface area (Å²) in [4.78, 5) is 15.8. The fraction of sp³-hybridized carbons (Fsp3) is 0.576. The van der Waals surface area contributed by atoms with Gasteiger partial charge in [-0.3, -0.25) is 9.52 Å². The molecule has 42 heavy (non-hydrogen) atoms. The van der Waals surface area contributed by atoms with Crippen LogP contribution in [0.15, 0.2) is 36.4 Å². The Morgan fingerprint density at radius 1 is 1.12 bits per heavy atom. The van der Waals surface area contributed by atoms with E-state index < -0.39 is 21.2 Å². The van der Waals surface area contributed by atoms with Crippen molar-refractivity contribution in [2.75, 3.05) is 37.0 Å². The molecule has 2 N–H and O–H groups in total. The van der Waals surface area contributed by atoms with Crippen LogP contribution in [0.5, 0.6) is 5.75 Å². The SMILES string of the molecule is C=S1(=O)CCC[C@@]2(O)CCO[C@H](C2)[C@@H]2CC[C@H]2CN2C[C@@]3(CCCc4cc(Cl)ccc43)COc3ccc(cc32)C(=O)N1. The molecule has 0 radical (unpaired) electrons. The minimum absolute atomic E-state index is 0.0137. The van der Waals surface area contributed by atoms with Crippen LogP contribution in [0.25, 0.3) is 0 Å². The molecule has 0 aromatic heterocycles. The maximum atomic E-state index is 13.4. The summed E-state index contributed by atoms with van der Waals surface area (Å²) >= 11 is 6.42. The van der Waals surface area contributed by atoms with Gasteiger partial charge in [0.1, 0.15) is 5.75 Å². The Bertz CT molecular complexity index is 1500. The molecule has 4 bridgehead atoms. The molecule has 5 aliphatic rings. The summed E-state index contributed by atoms with van der Waals surface area (Å²) in [5.74, 6) is 5.24. The second kappa shape index (κ2) is 10.7. The van der Waals surface area contributed by atoms with Crippen molar-refractivity contribution in [3.8, 4) is 5.75 Å². The number of hydrogen-bond donors (Lipinski definition) is 2. The van der Waals surface area contributed by atoms with Crippen molar-refractivity contribution in [3.63, 3.8) is 0 Å². The van der Waals surface area contributed by atoms with Gasteiger partial charge in [0.2, 0.25) is 0 Å². The van der Waals surface area contributed by atoms with E-state index in [2.05, 4.69) is 27.6 Å². The van der Waals surface area contributed by atoms with Crippen molar-refractivity contribution in [1.82, 2.24) is 4.72 Å². The van der Waals surface area contributed by atoms with E-state index in [1.165, 1.54) is 11.1 Å². The van der Waals surface area contributed by atoms with Crippen molar-refractivity contribution >= 4 is 38.8 Å². The van der Waals surface area contributed by atoms with E-state index in [9.17, 15) is 14.1 Å². The van der Waals surface area contributed by atoms with E-state index in [1.54, 1.807) is 6.07 Å². The van der Waals surface area contributed by atoms with Gasteiger partial charge >= 0.3 is 0 Å². The molecule has 2 aromatic rings. The first kappa shape index (κ1) is 28.5. The zero-order chi connectivity index (χ0) is 29.1. The van der Waals surface area contributed by atoms with Crippen molar-refractivity contribution in [1.29, 1.82) is 0 Å². The molecular weight excluding hydrogens is 572 g/mol. The molecule has 1 spiro atoms. The Balaban J connectivity index is 1.29. The fourth-order valence-electron chi connectivity index (χ4n) is 8.20. The number of carbonyl (C=O) groups is 1. The predicted octanol–water partition coefficient (Wildman–Crippen LogP) is 4.90. The van der Waals surface area contributed by atoms with Gasteiger partial charge in [-0.25, -0.2) is 4.21 Å². The van der Waals surface area contributed by atoms with Crippen LogP contribution in [0.4, 0.5) is 5.69 Å². The van der Waals surface area contributed by atoms with Crippen molar-refractivity contribution in [2.45, 2.75) is 74.9 Å². The highest BCUT2D eigenvalue weighted by molar-refractivity contribution is 7.99. The third kappa shape index (κ3) is 5.33. The highest BCUT2D eigenvalue weighted by Crippen LogP contribution is 2.48. The van der Waals surface area contributed by atoms with Gasteiger partial charge in [0, 0.05) is 57.6 Å². The Morgan fingerprint density at radius 3 is 2.83 bits per heavy atom. The van der Waals surface area contributed by atoms with Gasteiger partial charge in [0.05, 0.1) is 24.0 Å². The number of nitrogens with zero attached hydrogens (tertiary/aromatic N) is 1. The van der Waals surface area contributed by atoms with E-state index in [-0.39, 0.29) is 17.3 Å². The molecule has 7 rings (SSSR count). The van der Waals surface area contributed by atoms with Crippen LogP contribution < -0.4 is 14.4 Å². The molecule has 1 saturated carbocycles. The van der Waals surface area contributed by atoms with Crippen LogP contribution in [0, 0.1) is 11.8 Å². The molecule has 7 nitrogen and oxygen atoms in total. The van der Waals surface area contributed by atoms with Crippen LogP contribution in [-0.4, -0.2) is 64.9 Å². The number of ether oxygens (including phenoxy) is 2. The number of anilines is 1. The van der Waals surface area contributed by atoms with Crippen LogP contribution in [0.1, 0.15) is 72.9 Å². The largest absolute Gasteiger partial charge is 0.490 e. The average molecular weight is 613 g/mol. The van der Waals surface area contributed by atoms with Crippen LogP contribution >= 0.6 is 11.6 Å². The summed E-state index contributed by atoms with van der Waals surface area (Å²) in [6.45, 7) is 2.68. The summed E-state index contributed by atoms with van der Waals surface area (Å²) < 4.78 is 28.9. The average Bonchev–Trinajstić information content (AvgIpc) is 3.07. The zero-order valence-electron chi connectivity index (χ0n) is 24.1. The number of benzene rings is 2. The van der Waals surface area contributed by atoms with Crippen molar-refractivity contribution in [3.05, 3.63) is 58.1 Å². The number of rotatable bonds is 0. The molecule has 3 aliphatic heterocycles. The summed E-state index contributed by atoms with van der Waals surface area (Å²) in [5, 5.41) is 12.3. The second-order valence-corrected chi connectivity index (χ2v) is 16.1. The van der Waals surface area contributed by atoms with Gasteiger partial charge in [-0.15, -0.1) is 0 Å². The monoisotopic (exact) mass is 612 g/mol. The quantitative estimate of drug-likeness (QED) is 0.412. The first-order valence-corrected chi connectivity index (χ1v) is 17.7. The van der Waals surface area contributed by atoms with Crippen LogP contribution in [-0.2, 0) is 26.3 Å². The lowest BCUT2D eigenvalue weighted by atomic mass is 9.66. The van der Waals surface area contributed by atoms with Crippen molar-refractivity contribution in [2.24, 2.45) is 11.8 Å². The normalized spacial score (nSPS) is 36.5. The number of nitrogens with one attached hydrogen (secondary N) is 1. The molecule has 1 unspecified atom stereocenters. The maximum absolute atomic E-state index is 13.4. The summed E-state index contributed by atoms with van der Waals surface area (Å²) in [6.07, 6.45) is 7.52. The smallest absolute Gasteiger partial charge is 0.262 e. The van der Waals surface area contributed by atoms with Gasteiger partial charge in [0.15, 0.2) is 0 Å². The van der Waals surface area contributed by atoms with Crippen LogP contribution in [0.3, 0.4) is 0 Å². The molecule has 2 aliphatic carbocycles. The summed E-state index contributed by atoms with van der Waals surface area (Å²) in [7, 11) is -2.87. The molecule has 1 saturated heterocycles. The first-order chi connectivity index (χ1) is 20.1. The first-order valence-electron chi connectivity index (χ1n) is 15.4. The van der Waals surface area contributed by atoms with Gasteiger partial charge in [-0.1, -0.05) is 17.7 Å². The number of fused-ring (bicyclic) bond motifs is 7. The number of amides is 1. The minimum atomic E-state index is -2.87. The maximum Gasteiger partial charge on any atom is 0.262 e. The molecule has 1 amide bonds. The molecule has 3 heterocycles. The van der Waals surface area contributed by atoms with Gasteiger partial charge in [-0.2, -0.15) is 0 Å². The number of carbonyl (C=O) groups excluding carboxylic acids is 1. The molecule has 2 fully saturated rings. The van der Waals surface area contributed by atoms with Crippen molar-refractivity contribution < 1.29 is 23.6 Å².